The van der Waals surface area contributed by atoms with Gasteiger partial charge >= 0.3 is 0 Å². The van der Waals surface area contributed by atoms with Gasteiger partial charge in [0.25, 0.3) is 0 Å². The van der Waals surface area contributed by atoms with E-state index in [0.717, 1.165) is 197 Å². The second-order valence-electron chi connectivity index (χ2n) is 23.8. The molecule has 4 aromatic carbocycles. The van der Waals surface area contributed by atoms with Crippen molar-refractivity contribution in [1.29, 1.82) is 0 Å². The van der Waals surface area contributed by atoms with Crippen molar-refractivity contribution in [3.8, 4) is 67.5 Å². The van der Waals surface area contributed by atoms with Crippen molar-refractivity contribution in [2.24, 2.45) is 0 Å². The van der Waals surface area contributed by atoms with Crippen LogP contribution in [0.1, 0.15) is 120 Å². The summed E-state index contributed by atoms with van der Waals surface area (Å²) in [5.74, 6) is 3.52. The minimum absolute atomic E-state index is 0.201. The zero-order valence-electron chi connectivity index (χ0n) is 49.3. The summed E-state index contributed by atoms with van der Waals surface area (Å²) in [5.41, 5.74) is 15.4. The predicted molar refractivity (Wildman–Crippen MR) is 342 cm³/mol. The number of hydrogen-bond acceptors (Lipinski definition) is 9. The number of aromatic amines is 2. The third kappa shape index (κ3) is 13.7. The Morgan fingerprint density at radius 3 is 0.940 bits per heavy atom. The third-order valence-corrected chi connectivity index (χ3v) is 17.5. The first kappa shape index (κ1) is 56.1. The van der Waals surface area contributed by atoms with Crippen molar-refractivity contribution in [3.05, 3.63) is 144 Å². The van der Waals surface area contributed by atoms with E-state index >= 15 is 0 Å². The van der Waals surface area contributed by atoms with E-state index in [2.05, 4.69) is 198 Å². The maximum Gasteiger partial charge on any atom is 0.119 e. The Balaban J connectivity index is 0.992. The maximum atomic E-state index is 6.60. The molecule has 430 valence electrons. The Bertz CT molecular complexity index is 3460. The molecule has 8 bridgehead atoms. The molecule has 12 rings (SSSR count). The summed E-state index contributed by atoms with van der Waals surface area (Å²) < 4.78 is 26.2. The van der Waals surface area contributed by atoms with Crippen LogP contribution in [0.3, 0.4) is 0 Å². The first-order chi connectivity index (χ1) is 40.8. The predicted octanol–water partition coefficient (Wildman–Crippen LogP) is 16.3. The molecular weight excluding hydrogens is 1030 g/mol. The highest BCUT2D eigenvalue weighted by Gasteiger charge is 2.24. The van der Waals surface area contributed by atoms with E-state index in [1.807, 2.05) is 0 Å². The number of likely N-dealkylation sites (tertiary alicyclic amines) is 3. The Morgan fingerprint density at radius 1 is 0.361 bits per heavy atom. The summed E-state index contributed by atoms with van der Waals surface area (Å²) in [6.45, 7) is 9.24. The average Bonchev–Trinajstić information content (AvgIpc) is 4.49. The number of rotatable bonds is 20. The summed E-state index contributed by atoms with van der Waals surface area (Å²) >= 11 is 0. The fourth-order valence-corrected chi connectivity index (χ4v) is 12.6. The van der Waals surface area contributed by atoms with Crippen LogP contribution in [-0.2, 0) is 0 Å². The van der Waals surface area contributed by atoms with Crippen LogP contribution in [-0.4, -0.2) is 120 Å². The Morgan fingerprint density at radius 2 is 0.639 bits per heavy atom. The smallest absolute Gasteiger partial charge is 0.119 e. The highest BCUT2D eigenvalue weighted by molar-refractivity contribution is 6.00. The van der Waals surface area contributed by atoms with Gasteiger partial charge in [0.2, 0.25) is 0 Å². The topological polar surface area (TPSA) is 104 Å². The maximum absolute atomic E-state index is 6.60. The van der Waals surface area contributed by atoms with Gasteiger partial charge in [0, 0.05) is 83.6 Å². The SMILES string of the molecule is CCCCCCCCCCOc1ccc(-c2c3nc(c(-c4ccc(OC5CCN(C)CC5)cc4)c4ccc([nH]4)c(-c4ccc(OC5CCN(C)CC5)cc4)c4nc(c(-c5ccc(OC6CCN(C)CC6)cc5)c5ccc2[nH]5)C=C4)C=C3)cc1. The van der Waals surface area contributed by atoms with E-state index in [4.69, 9.17) is 28.9 Å². The monoisotopic (exact) mass is 1110 g/mol. The molecule has 5 aliphatic rings. The van der Waals surface area contributed by atoms with Crippen molar-refractivity contribution in [3.63, 3.8) is 0 Å². The summed E-state index contributed by atoms with van der Waals surface area (Å²) in [6.07, 6.45) is 25.5. The van der Waals surface area contributed by atoms with Crippen LogP contribution in [0.15, 0.2) is 121 Å². The number of ether oxygens (including phenoxy) is 4. The molecule has 2 N–H and O–H groups in total. The summed E-state index contributed by atoms with van der Waals surface area (Å²) in [5, 5.41) is 0. The van der Waals surface area contributed by atoms with Gasteiger partial charge in [-0.3, -0.25) is 0 Å². The lowest BCUT2D eigenvalue weighted by atomic mass is 10.0. The molecular formula is C72H83N7O4. The molecule has 0 aliphatic carbocycles. The molecule has 0 saturated carbocycles. The molecule has 3 saturated heterocycles. The van der Waals surface area contributed by atoms with Crippen molar-refractivity contribution >= 4 is 46.4 Å². The Labute approximate surface area is 491 Å². The van der Waals surface area contributed by atoms with Crippen molar-refractivity contribution in [2.75, 3.05) is 67.0 Å². The highest BCUT2D eigenvalue weighted by Crippen LogP contribution is 2.40. The zero-order valence-corrected chi connectivity index (χ0v) is 49.3. The Kier molecular flexibility index (Phi) is 17.8. The molecule has 0 atom stereocenters. The number of nitrogens with one attached hydrogen (secondary N) is 2. The lowest BCUT2D eigenvalue weighted by Crippen LogP contribution is -2.35. The van der Waals surface area contributed by atoms with Gasteiger partial charge < -0.3 is 43.6 Å². The minimum Gasteiger partial charge on any atom is -0.494 e. The van der Waals surface area contributed by atoms with Crippen molar-refractivity contribution in [2.45, 2.75) is 115 Å². The van der Waals surface area contributed by atoms with Gasteiger partial charge in [-0.15, -0.1) is 0 Å². The molecule has 3 aromatic heterocycles. The van der Waals surface area contributed by atoms with Gasteiger partial charge in [-0.1, -0.05) is 100 Å². The second-order valence-corrected chi connectivity index (χ2v) is 23.8. The van der Waals surface area contributed by atoms with E-state index in [-0.39, 0.29) is 18.3 Å². The van der Waals surface area contributed by atoms with Crippen LogP contribution in [0.25, 0.3) is 90.9 Å². The number of unbranched alkanes of at least 4 members (excludes halogenated alkanes) is 7. The first-order valence-electron chi connectivity index (χ1n) is 31.0. The van der Waals surface area contributed by atoms with Crippen LogP contribution in [0, 0.1) is 0 Å². The first-order valence-corrected chi connectivity index (χ1v) is 31.0. The van der Waals surface area contributed by atoms with E-state index in [1.54, 1.807) is 0 Å². The van der Waals surface area contributed by atoms with Gasteiger partial charge in [-0.05, 0) is 185 Å². The average molecular weight is 1110 g/mol. The lowest BCUT2D eigenvalue weighted by molar-refractivity contribution is 0.114. The number of benzene rings is 4. The molecule has 5 aliphatic heterocycles. The molecule has 7 aromatic rings. The van der Waals surface area contributed by atoms with Crippen LogP contribution < -0.4 is 18.9 Å². The largest absolute Gasteiger partial charge is 0.494 e. The standard InChI is InChI=1S/C72H83N7O4/c1-5-6-7-8-9-10-11-12-49-80-54-21-13-50(14-22-54)69-61-29-31-63(73-61)70(51-15-23-55(24-16-51)81-58-37-43-77(2)44-38-58)65-33-35-67(75-65)72(53-19-27-57(28-20-53)83-60-41-47-79(4)48-42-60)68-36-34-66(76-68)71(64-32-30-62(69)74-64)52-17-25-56(26-18-52)82-59-39-45-78(3)46-40-59/h13-36,58-60,73,76H,5-12,37-49H2,1-4H3. The van der Waals surface area contributed by atoms with E-state index in [1.165, 1.54) is 44.9 Å². The molecule has 0 unspecified atom stereocenters. The number of H-pyrrole nitrogens is 2. The molecule has 11 heteroatoms. The van der Waals surface area contributed by atoms with E-state index in [9.17, 15) is 0 Å². The Hall–Kier alpha value is -7.44. The zero-order chi connectivity index (χ0) is 56.5. The molecule has 8 heterocycles. The summed E-state index contributed by atoms with van der Waals surface area (Å²) in [7, 11) is 6.56. The minimum atomic E-state index is 0.201. The van der Waals surface area contributed by atoms with Gasteiger partial charge in [-0.2, -0.15) is 0 Å². The van der Waals surface area contributed by atoms with Crippen molar-refractivity contribution in [1.82, 2.24) is 34.6 Å². The molecule has 11 nitrogen and oxygen atoms in total. The van der Waals surface area contributed by atoms with E-state index in [0.29, 0.717) is 6.61 Å². The molecule has 83 heavy (non-hydrogen) atoms. The molecule has 0 amide bonds. The fraction of sp³-hybridized carbons (Fsp3) is 0.389. The molecule has 0 spiro atoms. The van der Waals surface area contributed by atoms with Crippen LogP contribution in [0.4, 0.5) is 0 Å². The normalized spacial score (nSPS) is 16.6. The van der Waals surface area contributed by atoms with E-state index < -0.39 is 0 Å². The summed E-state index contributed by atoms with van der Waals surface area (Å²) in [6, 6.07) is 43.2. The second kappa shape index (κ2) is 26.4. The van der Waals surface area contributed by atoms with Gasteiger partial charge in [-0.25, -0.2) is 9.97 Å². The quantitative estimate of drug-likeness (QED) is 0.0722. The lowest BCUT2D eigenvalue weighted by Gasteiger charge is -2.29. The summed E-state index contributed by atoms with van der Waals surface area (Å²) in [4.78, 5) is 26.3. The number of aromatic nitrogens is 4. The van der Waals surface area contributed by atoms with Crippen molar-refractivity contribution < 1.29 is 18.9 Å². The molecule has 0 radical (unpaired) electrons. The van der Waals surface area contributed by atoms with Gasteiger partial charge in [0.05, 0.1) is 29.4 Å². The van der Waals surface area contributed by atoms with Crippen LogP contribution in [0.2, 0.25) is 0 Å². The fourth-order valence-electron chi connectivity index (χ4n) is 12.6. The number of piperidine rings is 3. The van der Waals surface area contributed by atoms with Gasteiger partial charge in [0.1, 0.15) is 41.3 Å². The number of nitrogens with zero attached hydrogens (tertiary/aromatic N) is 5. The number of fused-ring (bicyclic) bond motifs is 8. The molecule has 3 fully saturated rings. The van der Waals surface area contributed by atoms with Crippen LogP contribution in [0.5, 0.6) is 23.0 Å². The van der Waals surface area contributed by atoms with Gasteiger partial charge in [0.15, 0.2) is 0 Å². The third-order valence-electron chi connectivity index (χ3n) is 17.5. The number of hydrogen-bond donors (Lipinski definition) is 2. The van der Waals surface area contributed by atoms with Crippen LogP contribution >= 0.6 is 0 Å². The highest BCUT2D eigenvalue weighted by atomic mass is 16.5.